The lowest BCUT2D eigenvalue weighted by Gasteiger charge is -2.18. The fourth-order valence-corrected chi connectivity index (χ4v) is 3.93. The van der Waals surface area contributed by atoms with E-state index in [0.717, 1.165) is 9.79 Å². The fourth-order valence-electron chi connectivity index (χ4n) is 2.97. The van der Waals surface area contributed by atoms with E-state index in [0.29, 0.717) is 12.1 Å². The number of hydrogen-bond acceptors (Lipinski definition) is 3. The molecule has 1 amide bonds. The van der Waals surface area contributed by atoms with Crippen LogP contribution in [0.1, 0.15) is 17.3 Å². The van der Waals surface area contributed by atoms with E-state index in [9.17, 15) is 14.7 Å². The van der Waals surface area contributed by atoms with Crippen molar-refractivity contribution in [1.82, 2.24) is 4.90 Å². The lowest BCUT2D eigenvalue weighted by Crippen LogP contribution is -2.30. The number of nitrogens with zero attached hydrogens (tertiary/aromatic N) is 1. The van der Waals surface area contributed by atoms with Crippen LogP contribution in [0.25, 0.3) is 0 Å². The zero-order valence-corrected chi connectivity index (χ0v) is 14.2. The number of likely N-dealkylation sites (tertiary alicyclic amines) is 1. The summed E-state index contributed by atoms with van der Waals surface area (Å²) in [6, 6.07) is 17.4. The molecule has 2 atom stereocenters. The topological polar surface area (TPSA) is 57.6 Å². The molecule has 1 fully saturated rings. The first-order chi connectivity index (χ1) is 11.6. The van der Waals surface area contributed by atoms with Gasteiger partial charge in [-0.3, -0.25) is 9.59 Å². The summed E-state index contributed by atoms with van der Waals surface area (Å²) in [4.78, 5) is 27.8. The quantitative estimate of drug-likeness (QED) is 0.922. The highest BCUT2D eigenvalue weighted by Crippen LogP contribution is 2.32. The Kier molecular flexibility index (Phi) is 4.90. The van der Waals surface area contributed by atoms with Gasteiger partial charge < -0.3 is 10.0 Å². The molecule has 3 rings (SSSR count). The van der Waals surface area contributed by atoms with Gasteiger partial charge >= 0.3 is 5.97 Å². The molecule has 0 saturated carbocycles. The van der Waals surface area contributed by atoms with Crippen molar-refractivity contribution < 1.29 is 14.7 Å². The van der Waals surface area contributed by atoms with E-state index < -0.39 is 11.9 Å². The smallest absolute Gasteiger partial charge is 0.308 e. The Morgan fingerprint density at radius 1 is 1.04 bits per heavy atom. The average Bonchev–Trinajstić information content (AvgIpc) is 2.98. The summed E-state index contributed by atoms with van der Waals surface area (Å²) < 4.78 is 0. The van der Waals surface area contributed by atoms with E-state index in [1.165, 1.54) is 0 Å². The van der Waals surface area contributed by atoms with Crippen molar-refractivity contribution in [3.8, 4) is 0 Å². The summed E-state index contributed by atoms with van der Waals surface area (Å²) in [5, 5.41) is 9.26. The van der Waals surface area contributed by atoms with Crippen LogP contribution >= 0.6 is 11.8 Å². The van der Waals surface area contributed by atoms with Gasteiger partial charge in [-0.15, -0.1) is 0 Å². The predicted octanol–water partition coefficient (Wildman–Crippen LogP) is 3.63. The minimum absolute atomic E-state index is 0.0274. The molecule has 5 heteroatoms. The third-order valence-electron chi connectivity index (χ3n) is 4.31. The maximum Gasteiger partial charge on any atom is 0.308 e. The van der Waals surface area contributed by atoms with Crippen LogP contribution in [-0.4, -0.2) is 35.0 Å². The molecular weight excluding hydrogens is 322 g/mol. The fraction of sp³-hybridized carbons (Fsp3) is 0.263. The van der Waals surface area contributed by atoms with Crippen molar-refractivity contribution in [2.24, 2.45) is 11.8 Å². The lowest BCUT2D eigenvalue weighted by molar-refractivity contribution is -0.142. The van der Waals surface area contributed by atoms with Gasteiger partial charge in [-0.1, -0.05) is 49.0 Å². The molecule has 24 heavy (non-hydrogen) atoms. The van der Waals surface area contributed by atoms with Gasteiger partial charge in [0, 0.05) is 22.9 Å². The first-order valence-electron chi connectivity index (χ1n) is 7.90. The molecule has 124 valence electrons. The Hall–Kier alpha value is -2.27. The van der Waals surface area contributed by atoms with E-state index in [1.54, 1.807) is 16.7 Å². The maximum absolute atomic E-state index is 12.9. The molecule has 0 bridgehead atoms. The number of hydrogen-bond donors (Lipinski definition) is 1. The summed E-state index contributed by atoms with van der Waals surface area (Å²) in [7, 11) is 0. The van der Waals surface area contributed by atoms with Crippen molar-refractivity contribution in [3.63, 3.8) is 0 Å². The largest absolute Gasteiger partial charge is 0.481 e. The molecule has 2 aromatic rings. The normalized spacial score (nSPS) is 20.1. The molecule has 1 N–H and O–H groups in total. The number of carbonyl (C=O) groups is 2. The first-order valence-corrected chi connectivity index (χ1v) is 8.72. The van der Waals surface area contributed by atoms with Crippen LogP contribution in [-0.2, 0) is 4.79 Å². The van der Waals surface area contributed by atoms with Crippen LogP contribution in [0, 0.1) is 11.8 Å². The SMILES string of the molecule is C[C@@H]1CN(C(=O)c2ccccc2Sc2ccccc2)C[C@H]1C(=O)O. The van der Waals surface area contributed by atoms with Crippen molar-refractivity contribution >= 4 is 23.6 Å². The maximum atomic E-state index is 12.9. The zero-order chi connectivity index (χ0) is 17.1. The molecule has 1 heterocycles. The molecule has 0 aromatic heterocycles. The first kappa shape index (κ1) is 16.6. The van der Waals surface area contributed by atoms with Gasteiger partial charge in [0.15, 0.2) is 0 Å². The van der Waals surface area contributed by atoms with Crippen molar-refractivity contribution in [2.75, 3.05) is 13.1 Å². The number of aliphatic carboxylic acids is 1. The highest BCUT2D eigenvalue weighted by Gasteiger charge is 2.37. The third kappa shape index (κ3) is 3.46. The Bertz CT molecular complexity index is 747. The number of carboxylic acid groups (broad SMARTS) is 1. The van der Waals surface area contributed by atoms with Crippen LogP contribution < -0.4 is 0 Å². The number of benzene rings is 2. The van der Waals surface area contributed by atoms with Gasteiger partial charge in [-0.2, -0.15) is 0 Å². The van der Waals surface area contributed by atoms with E-state index >= 15 is 0 Å². The highest BCUT2D eigenvalue weighted by molar-refractivity contribution is 7.99. The molecule has 2 aromatic carbocycles. The van der Waals surface area contributed by atoms with E-state index in [2.05, 4.69) is 0 Å². The number of carboxylic acids is 1. The third-order valence-corrected chi connectivity index (χ3v) is 5.39. The summed E-state index contributed by atoms with van der Waals surface area (Å²) in [5.41, 5.74) is 0.629. The van der Waals surface area contributed by atoms with E-state index in [4.69, 9.17) is 0 Å². The Morgan fingerprint density at radius 2 is 1.71 bits per heavy atom. The van der Waals surface area contributed by atoms with Gasteiger partial charge in [0.2, 0.25) is 0 Å². The Labute approximate surface area is 145 Å². The summed E-state index contributed by atoms with van der Waals surface area (Å²) in [6.45, 7) is 2.65. The van der Waals surface area contributed by atoms with Gasteiger partial charge in [-0.25, -0.2) is 0 Å². The van der Waals surface area contributed by atoms with Gasteiger partial charge in [-0.05, 0) is 30.2 Å². The van der Waals surface area contributed by atoms with Crippen LogP contribution in [0.2, 0.25) is 0 Å². The summed E-state index contributed by atoms with van der Waals surface area (Å²) in [5.74, 6) is -1.43. The molecule has 0 spiro atoms. The van der Waals surface area contributed by atoms with Crippen molar-refractivity contribution in [2.45, 2.75) is 16.7 Å². The second-order valence-electron chi connectivity index (χ2n) is 6.04. The monoisotopic (exact) mass is 341 g/mol. The van der Waals surface area contributed by atoms with Crippen LogP contribution in [0.15, 0.2) is 64.4 Å². The second-order valence-corrected chi connectivity index (χ2v) is 7.16. The predicted molar refractivity (Wildman–Crippen MR) is 93.2 cm³/mol. The van der Waals surface area contributed by atoms with Gasteiger partial charge in [0.05, 0.1) is 11.5 Å². The number of carbonyl (C=O) groups excluding carboxylic acids is 1. The molecule has 0 aliphatic carbocycles. The molecule has 1 aliphatic heterocycles. The summed E-state index contributed by atoms with van der Waals surface area (Å²) in [6.07, 6.45) is 0. The van der Waals surface area contributed by atoms with Gasteiger partial charge in [0.1, 0.15) is 0 Å². The minimum Gasteiger partial charge on any atom is -0.481 e. The standard InChI is InChI=1S/C19H19NO3S/c1-13-11-20(12-16(13)19(22)23)18(21)15-9-5-6-10-17(15)24-14-7-3-2-4-8-14/h2-10,13,16H,11-12H2,1H3,(H,22,23)/t13-,16-/m1/s1. The van der Waals surface area contributed by atoms with Crippen molar-refractivity contribution in [3.05, 3.63) is 60.2 Å². The zero-order valence-electron chi connectivity index (χ0n) is 13.4. The van der Waals surface area contributed by atoms with Crippen molar-refractivity contribution in [1.29, 1.82) is 0 Å². The van der Waals surface area contributed by atoms with Crippen LogP contribution in [0.4, 0.5) is 0 Å². The molecule has 1 saturated heterocycles. The number of rotatable bonds is 4. The molecule has 0 unspecified atom stereocenters. The van der Waals surface area contributed by atoms with Crippen LogP contribution in [0.3, 0.4) is 0 Å². The Balaban J connectivity index is 1.82. The number of amides is 1. The molecule has 0 radical (unpaired) electrons. The van der Waals surface area contributed by atoms with Crippen LogP contribution in [0.5, 0.6) is 0 Å². The van der Waals surface area contributed by atoms with E-state index in [1.807, 2.05) is 61.5 Å². The van der Waals surface area contributed by atoms with Gasteiger partial charge in [0.25, 0.3) is 5.91 Å². The Morgan fingerprint density at radius 3 is 2.38 bits per heavy atom. The summed E-state index contributed by atoms with van der Waals surface area (Å²) >= 11 is 1.55. The lowest BCUT2D eigenvalue weighted by atomic mass is 9.99. The molecule has 1 aliphatic rings. The second kappa shape index (κ2) is 7.09. The van der Waals surface area contributed by atoms with E-state index in [-0.39, 0.29) is 18.4 Å². The average molecular weight is 341 g/mol. The molecule has 4 nitrogen and oxygen atoms in total. The molecular formula is C19H19NO3S. The highest BCUT2D eigenvalue weighted by atomic mass is 32.2. The minimum atomic E-state index is -0.829.